The molecule has 3 amide bonds. The Morgan fingerprint density at radius 2 is 1.02 bits per heavy atom. The van der Waals surface area contributed by atoms with Gasteiger partial charge in [-0.25, -0.2) is 14.8 Å². The smallest absolute Gasteiger partial charge is 0.347 e. The first kappa shape index (κ1) is 61.6. The molecule has 7 heterocycles. The molecule has 4 saturated carbocycles. The molecule has 0 spiro atoms. The molecule has 4 aromatic heterocycles. The number of hydrogen-bond acceptors (Lipinski definition) is 20. The molecule has 0 bridgehead atoms. The number of nitrogens with one attached hydrogen (secondary N) is 3. The number of nitrogens with zero attached hydrogens (tertiary/aromatic N) is 13. The lowest BCUT2D eigenvalue weighted by Crippen LogP contribution is -2.43. The molecular formula is C64H81N17O7. The SMILES string of the molecule is CN1CCN(Cc2ccc3c(c2)c(=O)n(C2CCC(N)CC2)c2nc(NCC4CC4)ncc32)CC1.CN1CCN(Cc2ccc3c(c2)c(=O)n(C2CCC(NC(=O)CC#N)CC2)c2nc(NCC4CC4)ncc32)CC1.N#CCC(=O)ON1C(=O)CCC1=O. The number of nitriles is 2. The Bertz CT molecular complexity index is 3750. The van der Waals surface area contributed by atoms with E-state index in [0.717, 1.165) is 174 Å². The number of piperazine rings is 2. The molecule has 7 fully saturated rings. The fraction of sp³-hybridized carbons (Fsp3) is 0.562. The molecule has 13 rings (SSSR count). The number of nitrogens with two attached hydrogens (primary N) is 1. The van der Waals surface area contributed by atoms with Gasteiger partial charge in [0, 0.05) is 149 Å². The maximum atomic E-state index is 14.2. The van der Waals surface area contributed by atoms with Crippen molar-refractivity contribution >= 4 is 79.2 Å². The first-order chi connectivity index (χ1) is 42.7. The van der Waals surface area contributed by atoms with E-state index in [0.29, 0.717) is 33.9 Å². The number of hydrogen-bond donors (Lipinski definition) is 4. The molecule has 24 heteroatoms. The maximum Gasteiger partial charge on any atom is 0.347 e. The minimum atomic E-state index is -0.897. The minimum absolute atomic E-state index is 0.00784. The molecule has 24 nitrogen and oxygen atoms in total. The monoisotopic (exact) mass is 1200 g/mol. The summed E-state index contributed by atoms with van der Waals surface area (Å²) in [5, 5.41) is 32.3. The van der Waals surface area contributed by atoms with Crippen LogP contribution in [0.2, 0.25) is 0 Å². The van der Waals surface area contributed by atoms with Gasteiger partial charge in [0.25, 0.3) is 22.9 Å². The van der Waals surface area contributed by atoms with E-state index < -0.39 is 24.2 Å². The largest absolute Gasteiger partial charge is 0.354 e. The van der Waals surface area contributed by atoms with Crippen LogP contribution < -0.4 is 32.8 Å². The van der Waals surface area contributed by atoms with Crippen molar-refractivity contribution in [2.75, 3.05) is 90.2 Å². The van der Waals surface area contributed by atoms with Gasteiger partial charge >= 0.3 is 5.97 Å². The van der Waals surface area contributed by atoms with E-state index in [4.69, 9.17) is 26.2 Å². The predicted octanol–water partition coefficient (Wildman–Crippen LogP) is 5.49. The van der Waals surface area contributed by atoms with Crippen LogP contribution in [0.1, 0.15) is 126 Å². The third kappa shape index (κ3) is 15.1. The van der Waals surface area contributed by atoms with Crippen LogP contribution in [-0.4, -0.2) is 169 Å². The number of likely N-dealkylation sites (N-methyl/N-ethyl adjacent to an activating group) is 2. The second-order valence-corrected chi connectivity index (χ2v) is 25.1. The predicted molar refractivity (Wildman–Crippen MR) is 333 cm³/mol. The number of carbonyl (C=O) groups is 4. The highest BCUT2D eigenvalue weighted by Crippen LogP contribution is 2.35. The third-order valence-corrected chi connectivity index (χ3v) is 18.3. The van der Waals surface area contributed by atoms with E-state index in [1.54, 1.807) is 6.07 Å². The lowest BCUT2D eigenvalue weighted by Gasteiger charge is -2.32. The van der Waals surface area contributed by atoms with Crippen LogP contribution in [0.25, 0.3) is 43.6 Å². The number of benzene rings is 2. The first-order valence-electron chi connectivity index (χ1n) is 31.5. The summed E-state index contributed by atoms with van der Waals surface area (Å²) in [5.41, 5.74) is 10.0. The standard InChI is InChI=1S/C30H38N8O2.C27H37N7O.C7H6N2O4/c1-36-12-14-37(15-13-36)19-21-4-9-24-25(16-21)29(40)38(23-7-5-22(6-8-23)34-27(39)10-11-31)28-26(24)18-33-30(35-28)32-17-20-2-3-20;1-32-10-12-33(13-11-32)17-19-4-9-22-23(14-19)26(35)34(21-7-5-20(28)6-8-21)25-24(22)16-30-27(31-25)29-15-18-2-3-18;8-4-3-7(12)13-9-5(10)1-2-6(9)11/h4,9,16,18,20,22-23H,2-3,5-8,10,12-15,17,19H2,1H3,(H,34,39)(H,32,33,35);4,9,14,16,18,20-21H,2-3,5-8,10-13,15,17,28H2,1H3,(H,29,30,31);1-3H2. The van der Waals surface area contributed by atoms with Crippen LogP contribution in [0.4, 0.5) is 11.9 Å². The number of carbonyl (C=O) groups excluding carboxylic acids is 4. The van der Waals surface area contributed by atoms with Gasteiger partial charge < -0.3 is 36.3 Å². The summed E-state index contributed by atoms with van der Waals surface area (Å²) in [5.74, 6) is 0.382. The fourth-order valence-electron chi connectivity index (χ4n) is 12.7. The quantitative estimate of drug-likeness (QED) is 0.0688. The van der Waals surface area contributed by atoms with Gasteiger partial charge in [0.1, 0.15) is 24.1 Å². The van der Waals surface area contributed by atoms with Crippen LogP contribution >= 0.6 is 0 Å². The van der Waals surface area contributed by atoms with Crippen molar-refractivity contribution < 1.29 is 24.0 Å². The van der Waals surface area contributed by atoms with Crippen LogP contribution in [0, 0.1) is 34.5 Å². The van der Waals surface area contributed by atoms with Crippen molar-refractivity contribution in [2.45, 2.75) is 140 Å². The van der Waals surface area contributed by atoms with Gasteiger partial charge in [-0.2, -0.15) is 20.5 Å². The Kier molecular flexibility index (Phi) is 19.6. The van der Waals surface area contributed by atoms with Crippen molar-refractivity contribution in [3.8, 4) is 12.1 Å². The van der Waals surface area contributed by atoms with E-state index in [-0.39, 0.29) is 60.5 Å². The summed E-state index contributed by atoms with van der Waals surface area (Å²) in [6.45, 7) is 11.9. The molecule has 88 heavy (non-hydrogen) atoms. The Labute approximate surface area is 511 Å². The molecule has 6 aromatic rings. The van der Waals surface area contributed by atoms with E-state index in [2.05, 4.69) is 101 Å². The lowest BCUT2D eigenvalue weighted by atomic mass is 9.90. The van der Waals surface area contributed by atoms with E-state index in [9.17, 15) is 28.8 Å². The van der Waals surface area contributed by atoms with Crippen molar-refractivity contribution in [3.63, 3.8) is 0 Å². The van der Waals surface area contributed by atoms with E-state index in [1.165, 1.54) is 31.2 Å². The highest BCUT2D eigenvalue weighted by Gasteiger charge is 2.33. The second-order valence-electron chi connectivity index (χ2n) is 25.1. The fourth-order valence-corrected chi connectivity index (χ4v) is 12.7. The van der Waals surface area contributed by atoms with Crippen molar-refractivity contribution in [1.82, 2.24) is 59.0 Å². The summed E-state index contributed by atoms with van der Waals surface area (Å²) in [6, 6.07) is 16.5. The zero-order valence-corrected chi connectivity index (χ0v) is 50.6. The average molecular weight is 1200 g/mol. The van der Waals surface area contributed by atoms with Crippen molar-refractivity contribution in [2.24, 2.45) is 17.6 Å². The van der Waals surface area contributed by atoms with Crippen molar-refractivity contribution in [1.29, 1.82) is 10.5 Å². The Hall–Kier alpha value is -8.00. The molecule has 4 aliphatic carbocycles. The van der Waals surface area contributed by atoms with Gasteiger partial charge in [0.15, 0.2) is 0 Å². The molecule has 0 radical (unpaired) electrons. The second kappa shape index (κ2) is 28.0. The average Bonchev–Trinajstić information content (AvgIpc) is 1.92. The number of imide groups is 1. The molecule has 7 aliphatic rings. The summed E-state index contributed by atoms with van der Waals surface area (Å²) in [6.07, 6.45) is 15.0. The molecule has 3 saturated heterocycles. The number of hydroxylamine groups is 2. The molecule has 3 aliphatic heterocycles. The van der Waals surface area contributed by atoms with Gasteiger partial charge in [0.2, 0.25) is 17.8 Å². The van der Waals surface area contributed by atoms with Crippen LogP contribution in [0.3, 0.4) is 0 Å². The zero-order valence-electron chi connectivity index (χ0n) is 50.6. The molecule has 464 valence electrons. The van der Waals surface area contributed by atoms with Gasteiger partial charge in [-0.1, -0.05) is 24.3 Å². The van der Waals surface area contributed by atoms with Gasteiger partial charge in [-0.15, -0.1) is 5.06 Å². The number of pyridine rings is 2. The number of aromatic nitrogens is 6. The molecule has 5 N–H and O–H groups in total. The van der Waals surface area contributed by atoms with Crippen molar-refractivity contribution in [3.05, 3.63) is 80.6 Å². The normalized spacial score (nSPS) is 22.1. The highest BCUT2D eigenvalue weighted by molar-refractivity contribution is 6.05. The zero-order chi connectivity index (χ0) is 61.4. The summed E-state index contributed by atoms with van der Waals surface area (Å²) >= 11 is 0. The van der Waals surface area contributed by atoms with E-state index >= 15 is 0 Å². The van der Waals surface area contributed by atoms with Crippen LogP contribution in [-0.2, 0) is 37.1 Å². The molecule has 2 aromatic carbocycles. The summed E-state index contributed by atoms with van der Waals surface area (Å²) < 4.78 is 3.86. The van der Waals surface area contributed by atoms with Gasteiger partial charge in [-0.05, 0) is 137 Å². The van der Waals surface area contributed by atoms with E-state index in [1.807, 2.05) is 27.6 Å². The minimum Gasteiger partial charge on any atom is -0.354 e. The number of rotatable bonds is 16. The van der Waals surface area contributed by atoms with Crippen LogP contribution in [0.15, 0.2) is 58.4 Å². The highest BCUT2D eigenvalue weighted by atomic mass is 16.7. The third-order valence-electron chi connectivity index (χ3n) is 18.3. The number of amides is 3. The van der Waals surface area contributed by atoms with Gasteiger partial charge in [0.05, 0.1) is 12.1 Å². The van der Waals surface area contributed by atoms with Gasteiger partial charge in [-0.3, -0.25) is 42.9 Å². The molecule has 0 unspecified atom stereocenters. The van der Waals surface area contributed by atoms with Crippen LogP contribution in [0.5, 0.6) is 0 Å². The molecule has 0 atom stereocenters. The number of fused-ring (bicyclic) bond motifs is 6. The topological polar surface area (TPSA) is 299 Å². The molecular weight excluding hydrogens is 1120 g/mol. The summed E-state index contributed by atoms with van der Waals surface area (Å²) in [7, 11) is 4.33. The Morgan fingerprint density at radius 3 is 1.45 bits per heavy atom. The Balaban J connectivity index is 0.000000152. The summed E-state index contributed by atoms with van der Waals surface area (Å²) in [4.78, 5) is 106. The lowest BCUT2D eigenvalue weighted by molar-refractivity contribution is -0.196. The number of anilines is 2. The first-order valence-corrected chi connectivity index (χ1v) is 31.5. The maximum absolute atomic E-state index is 14.2. The Morgan fingerprint density at radius 1 is 0.580 bits per heavy atom.